The summed E-state index contributed by atoms with van der Waals surface area (Å²) in [4.78, 5) is 27.5. The molecule has 192 valence electrons. The molecule has 1 atom stereocenters. The van der Waals surface area contributed by atoms with Crippen LogP contribution in [0.3, 0.4) is 0 Å². The summed E-state index contributed by atoms with van der Waals surface area (Å²) < 4.78 is 39.5. The van der Waals surface area contributed by atoms with Crippen LogP contribution in [0.5, 0.6) is 0 Å². The Morgan fingerprint density at radius 3 is 2.31 bits per heavy atom. The molecule has 0 bridgehead atoms. The first-order valence-corrected chi connectivity index (χ1v) is 13.8. The molecular formula is C23H27Cl3FN3O4S. The number of hydrogen-bond acceptors (Lipinski definition) is 4. The maximum Gasteiger partial charge on any atom is 0.244 e. The topological polar surface area (TPSA) is 86.8 Å². The van der Waals surface area contributed by atoms with Crippen LogP contribution < -0.4 is 9.62 Å². The summed E-state index contributed by atoms with van der Waals surface area (Å²) in [6.45, 7) is 3.32. The fourth-order valence-corrected chi connectivity index (χ4v) is 4.54. The van der Waals surface area contributed by atoms with Crippen molar-refractivity contribution in [2.75, 3.05) is 23.7 Å². The van der Waals surface area contributed by atoms with Crippen LogP contribution in [-0.2, 0) is 26.2 Å². The van der Waals surface area contributed by atoms with Crippen LogP contribution in [0.15, 0.2) is 36.4 Å². The normalized spacial score (nSPS) is 12.2. The number of nitrogens with zero attached hydrogens (tertiary/aromatic N) is 2. The van der Waals surface area contributed by atoms with Crippen molar-refractivity contribution in [1.82, 2.24) is 10.2 Å². The SMILES string of the molecule is CCCCNC(=O)C(C)N(Cc1ccc(Cl)c(Cl)c1)C(=O)CN(c1ccc(F)c(Cl)c1)S(C)(=O)=O. The molecule has 0 spiro atoms. The fraction of sp³-hybridized carbons (Fsp3) is 0.391. The molecule has 0 saturated carbocycles. The number of rotatable bonds is 11. The number of amides is 2. The van der Waals surface area contributed by atoms with Gasteiger partial charge >= 0.3 is 0 Å². The standard InChI is InChI=1S/C23H27Cl3FN3O4S/c1-4-5-10-28-23(32)15(2)29(13-16-6-8-18(24)19(25)11-16)22(31)14-30(35(3,33)34)17-7-9-21(27)20(26)12-17/h6-9,11-12,15H,4-5,10,13-14H2,1-3H3,(H,28,32). The Morgan fingerprint density at radius 1 is 1.06 bits per heavy atom. The zero-order valence-electron chi connectivity index (χ0n) is 19.5. The van der Waals surface area contributed by atoms with E-state index in [1.807, 2.05) is 6.92 Å². The van der Waals surface area contributed by atoms with Crippen molar-refractivity contribution in [2.24, 2.45) is 0 Å². The van der Waals surface area contributed by atoms with E-state index < -0.39 is 34.3 Å². The van der Waals surface area contributed by atoms with Crippen LogP contribution in [0.25, 0.3) is 0 Å². The van der Waals surface area contributed by atoms with Gasteiger partial charge in [0.05, 0.1) is 27.0 Å². The Kier molecular flexibility index (Phi) is 10.6. The lowest BCUT2D eigenvalue weighted by atomic mass is 10.1. The molecular weight excluding hydrogens is 540 g/mol. The number of carbonyl (C=O) groups is 2. The van der Waals surface area contributed by atoms with E-state index in [1.54, 1.807) is 25.1 Å². The number of anilines is 1. The molecule has 7 nitrogen and oxygen atoms in total. The fourth-order valence-electron chi connectivity index (χ4n) is 3.21. The Labute approximate surface area is 220 Å². The number of unbranched alkanes of at least 4 members (excludes halogenated alkanes) is 1. The molecule has 2 aromatic rings. The summed E-state index contributed by atoms with van der Waals surface area (Å²) in [5.41, 5.74) is 0.610. The molecule has 0 aromatic heterocycles. The van der Waals surface area contributed by atoms with Crippen LogP contribution in [0, 0.1) is 5.82 Å². The second kappa shape index (κ2) is 12.8. The van der Waals surface area contributed by atoms with E-state index >= 15 is 0 Å². The van der Waals surface area contributed by atoms with Crippen molar-refractivity contribution in [3.63, 3.8) is 0 Å². The van der Waals surface area contributed by atoms with E-state index in [-0.39, 0.29) is 28.2 Å². The smallest absolute Gasteiger partial charge is 0.244 e. The highest BCUT2D eigenvalue weighted by molar-refractivity contribution is 7.92. The van der Waals surface area contributed by atoms with Gasteiger partial charge in [-0.1, -0.05) is 54.2 Å². The summed E-state index contributed by atoms with van der Waals surface area (Å²) in [6, 6.07) is 7.21. The largest absolute Gasteiger partial charge is 0.354 e. The molecule has 0 saturated heterocycles. The summed E-state index contributed by atoms with van der Waals surface area (Å²) in [5, 5.41) is 3.09. The molecule has 35 heavy (non-hydrogen) atoms. The van der Waals surface area contributed by atoms with Crippen LogP contribution in [0.1, 0.15) is 32.3 Å². The maximum absolute atomic E-state index is 13.6. The van der Waals surface area contributed by atoms with Gasteiger partial charge in [-0.2, -0.15) is 0 Å². The van der Waals surface area contributed by atoms with E-state index in [2.05, 4.69) is 5.32 Å². The van der Waals surface area contributed by atoms with E-state index in [9.17, 15) is 22.4 Å². The Bertz CT molecular complexity index is 1180. The number of halogens is 4. The van der Waals surface area contributed by atoms with Gasteiger partial charge in [-0.15, -0.1) is 0 Å². The number of benzene rings is 2. The summed E-state index contributed by atoms with van der Waals surface area (Å²) in [6.07, 6.45) is 2.57. The minimum Gasteiger partial charge on any atom is -0.354 e. The molecule has 0 radical (unpaired) electrons. The van der Waals surface area contributed by atoms with Crippen LogP contribution in [0.4, 0.5) is 10.1 Å². The van der Waals surface area contributed by atoms with Crippen molar-refractivity contribution >= 4 is 62.3 Å². The highest BCUT2D eigenvalue weighted by Gasteiger charge is 2.30. The zero-order valence-corrected chi connectivity index (χ0v) is 22.6. The molecule has 12 heteroatoms. The second-order valence-corrected chi connectivity index (χ2v) is 11.1. The molecule has 0 aliphatic carbocycles. The van der Waals surface area contributed by atoms with Crippen molar-refractivity contribution in [3.05, 3.63) is 62.8 Å². The third-order valence-electron chi connectivity index (χ3n) is 5.20. The van der Waals surface area contributed by atoms with Gasteiger partial charge < -0.3 is 10.2 Å². The van der Waals surface area contributed by atoms with Gasteiger partial charge in [-0.3, -0.25) is 13.9 Å². The zero-order chi connectivity index (χ0) is 26.3. The molecule has 2 amide bonds. The highest BCUT2D eigenvalue weighted by atomic mass is 35.5. The lowest BCUT2D eigenvalue weighted by Crippen LogP contribution is -2.51. The minimum absolute atomic E-state index is 0.0155. The van der Waals surface area contributed by atoms with Gasteiger partial charge in [0.15, 0.2) is 0 Å². The average molecular weight is 567 g/mol. The van der Waals surface area contributed by atoms with Crippen molar-refractivity contribution < 1.29 is 22.4 Å². The number of hydrogen-bond donors (Lipinski definition) is 1. The maximum atomic E-state index is 13.6. The average Bonchev–Trinajstić information content (AvgIpc) is 2.78. The molecule has 0 heterocycles. The van der Waals surface area contributed by atoms with Crippen molar-refractivity contribution in [1.29, 1.82) is 0 Å². The second-order valence-electron chi connectivity index (χ2n) is 7.96. The first-order valence-electron chi connectivity index (χ1n) is 10.8. The molecule has 1 N–H and O–H groups in total. The number of carbonyl (C=O) groups excluding carboxylic acids is 2. The molecule has 2 rings (SSSR count). The third-order valence-corrected chi connectivity index (χ3v) is 7.37. The van der Waals surface area contributed by atoms with Crippen molar-refractivity contribution in [2.45, 2.75) is 39.3 Å². The summed E-state index contributed by atoms with van der Waals surface area (Å²) >= 11 is 17.9. The lowest BCUT2D eigenvalue weighted by molar-refractivity contribution is -0.139. The van der Waals surface area contributed by atoms with Gasteiger partial charge in [0, 0.05) is 13.1 Å². The van der Waals surface area contributed by atoms with Gasteiger partial charge in [-0.25, -0.2) is 12.8 Å². The van der Waals surface area contributed by atoms with Crippen molar-refractivity contribution in [3.8, 4) is 0 Å². The lowest BCUT2D eigenvalue weighted by Gasteiger charge is -2.31. The van der Waals surface area contributed by atoms with E-state index in [1.165, 1.54) is 11.0 Å². The minimum atomic E-state index is -3.96. The van der Waals surface area contributed by atoms with Crippen LogP contribution >= 0.6 is 34.8 Å². The van der Waals surface area contributed by atoms with Gasteiger partial charge in [0.2, 0.25) is 21.8 Å². The number of sulfonamides is 1. The monoisotopic (exact) mass is 565 g/mol. The Morgan fingerprint density at radius 2 is 1.74 bits per heavy atom. The Balaban J connectivity index is 2.39. The molecule has 0 aliphatic heterocycles. The van der Waals surface area contributed by atoms with Crippen LogP contribution in [-0.4, -0.2) is 50.5 Å². The predicted octanol–water partition coefficient (Wildman–Crippen LogP) is 4.89. The summed E-state index contributed by atoms with van der Waals surface area (Å²) in [5.74, 6) is -1.77. The van der Waals surface area contributed by atoms with Gasteiger partial charge in [0.1, 0.15) is 18.4 Å². The molecule has 2 aromatic carbocycles. The molecule has 0 fully saturated rings. The number of nitrogens with one attached hydrogen (secondary N) is 1. The first-order chi connectivity index (χ1) is 16.3. The third kappa shape index (κ3) is 8.24. The van der Waals surface area contributed by atoms with Gasteiger partial charge in [-0.05, 0) is 49.2 Å². The summed E-state index contributed by atoms with van der Waals surface area (Å²) in [7, 11) is -3.96. The van der Waals surface area contributed by atoms with E-state index in [0.29, 0.717) is 17.1 Å². The Hall–Kier alpha value is -2.07. The quantitative estimate of drug-likeness (QED) is 0.393. The first kappa shape index (κ1) is 29.2. The highest BCUT2D eigenvalue weighted by Crippen LogP contribution is 2.26. The molecule has 0 aliphatic rings. The van der Waals surface area contributed by atoms with E-state index in [4.69, 9.17) is 34.8 Å². The van der Waals surface area contributed by atoms with Crippen LogP contribution in [0.2, 0.25) is 15.1 Å². The van der Waals surface area contributed by atoms with E-state index in [0.717, 1.165) is 35.5 Å². The predicted molar refractivity (Wildman–Crippen MR) is 138 cm³/mol. The molecule has 1 unspecified atom stereocenters. The van der Waals surface area contributed by atoms with Gasteiger partial charge in [0.25, 0.3) is 0 Å².